The fourth-order valence-electron chi connectivity index (χ4n) is 6.01. The first kappa shape index (κ1) is 39.7. The van der Waals surface area contributed by atoms with E-state index in [2.05, 4.69) is 13.2 Å². The number of amides is 2. The van der Waals surface area contributed by atoms with Crippen molar-refractivity contribution in [2.24, 2.45) is 0 Å². The molecule has 1 fully saturated rings. The first-order valence-corrected chi connectivity index (χ1v) is 19.9. The van der Waals surface area contributed by atoms with Crippen LogP contribution in [0.4, 0.5) is 0 Å². The zero-order valence-corrected chi connectivity index (χ0v) is 33.0. The summed E-state index contributed by atoms with van der Waals surface area (Å²) in [6.45, 7) is 7.19. The summed E-state index contributed by atoms with van der Waals surface area (Å²) < 4.78 is 23.3. The van der Waals surface area contributed by atoms with Crippen LogP contribution in [-0.2, 0) is 55.0 Å². The Morgan fingerprint density at radius 1 is 0.534 bits per heavy atom. The average Bonchev–Trinajstić information content (AvgIpc) is 3.79. The molecule has 7 rings (SSSR count). The summed E-state index contributed by atoms with van der Waals surface area (Å²) in [6, 6.07) is 37.1. The lowest BCUT2D eigenvalue weighted by Crippen LogP contribution is -2.39. The molecule has 0 bridgehead atoms. The van der Waals surface area contributed by atoms with Gasteiger partial charge in [0.15, 0.2) is 13.2 Å². The number of nitrogens with zero attached hydrogens (tertiary/aromatic N) is 2. The number of hydrazine groups is 1. The third-order valence-corrected chi connectivity index (χ3v) is 11.7. The molecular weight excluding hydrogens is 773 g/mol. The molecule has 0 N–H and O–H groups in total. The molecule has 2 aliphatic heterocycles. The lowest BCUT2D eigenvalue weighted by atomic mass is 10.1. The second-order valence-electron chi connectivity index (χ2n) is 13.1. The Morgan fingerprint density at radius 2 is 0.931 bits per heavy atom. The zero-order chi connectivity index (χ0) is 40.4. The van der Waals surface area contributed by atoms with Crippen LogP contribution in [-0.4, -0.2) is 47.0 Å². The van der Waals surface area contributed by atoms with E-state index in [4.69, 9.17) is 18.9 Å². The Morgan fingerprint density at radius 3 is 1.31 bits per heavy atom. The van der Waals surface area contributed by atoms with Crippen LogP contribution in [0.2, 0.25) is 0 Å². The van der Waals surface area contributed by atoms with Crippen LogP contribution in [0, 0.1) is 0 Å². The van der Waals surface area contributed by atoms with E-state index in [-0.39, 0.29) is 31.9 Å². The first-order valence-electron chi connectivity index (χ1n) is 18.3. The SMILES string of the molecule is C=Cc1ccc(COC(=O)COc2ccc(OCC(=O)OCc3ccc(C=C)cc3)c3c2SC(=C2C(=O)N(Cc4ccccc4)N(Cc4ccccc4)C2=O)S3)cc1. The van der Waals surface area contributed by atoms with E-state index < -0.39 is 37.0 Å². The highest BCUT2D eigenvalue weighted by molar-refractivity contribution is 8.25. The lowest BCUT2D eigenvalue weighted by molar-refractivity contribution is -0.149. The van der Waals surface area contributed by atoms with E-state index in [1.165, 1.54) is 33.5 Å². The third-order valence-electron chi connectivity index (χ3n) is 9.09. The molecule has 12 heteroatoms. The summed E-state index contributed by atoms with van der Waals surface area (Å²) >= 11 is 2.34. The summed E-state index contributed by atoms with van der Waals surface area (Å²) in [5.41, 5.74) is 5.23. The number of fused-ring (bicyclic) bond motifs is 1. The van der Waals surface area contributed by atoms with Gasteiger partial charge in [-0.1, -0.05) is 158 Å². The summed E-state index contributed by atoms with van der Waals surface area (Å²) in [6.07, 6.45) is 3.46. The normalized spacial score (nSPS) is 13.3. The Hall–Kier alpha value is -6.50. The molecule has 0 saturated carbocycles. The van der Waals surface area contributed by atoms with Crippen LogP contribution in [0.1, 0.15) is 33.4 Å². The molecule has 5 aromatic rings. The standard InChI is InChI=1S/C46H38N2O8S2/c1-3-31-15-19-35(20-16-31)27-55-39(49)29-53-37-23-24-38(54-30-40(50)56-28-36-21-17-32(4-2)18-22-36)43-42(37)57-46(58-43)41-44(51)47(25-33-11-7-5-8-12-33)48(45(41)52)26-34-13-9-6-10-14-34/h3-24H,1-2,25-30H2. The van der Waals surface area contributed by atoms with Gasteiger partial charge in [0.25, 0.3) is 11.8 Å². The van der Waals surface area contributed by atoms with Gasteiger partial charge in [0, 0.05) is 0 Å². The van der Waals surface area contributed by atoms with Gasteiger partial charge in [-0.05, 0) is 45.5 Å². The number of carbonyl (C=O) groups excluding carboxylic acids is 4. The minimum absolute atomic E-state index is 0.00118. The number of rotatable bonds is 16. The highest BCUT2D eigenvalue weighted by Crippen LogP contribution is 2.59. The molecule has 0 spiro atoms. The van der Waals surface area contributed by atoms with E-state index in [9.17, 15) is 19.2 Å². The molecule has 2 amide bonds. The van der Waals surface area contributed by atoms with Crippen molar-refractivity contribution in [1.29, 1.82) is 0 Å². The average molecular weight is 811 g/mol. The largest absolute Gasteiger partial charge is 0.481 e. The van der Waals surface area contributed by atoms with E-state index in [1.54, 1.807) is 24.3 Å². The van der Waals surface area contributed by atoms with Crippen LogP contribution in [0.15, 0.2) is 154 Å². The van der Waals surface area contributed by atoms with Crippen molar-refractivity contribution in [2.45, 2.75) is 36.1 Å². The van der Waals surface area contributed by atoms with Crippen LogP contribution in [0.5, 0.6) is 11.5 Å². The maximum absolute atomic E-state index is 14.3. The quantitative estimate of drug-likeness (QED) is 0.0546. The molecule has 0 aliphatic carbocycles. The molecular formula is C46H38N2O8S2. The van der Waals surface area contributed by atoms with Crippen LogP contribution >= 0.6 is 23.5 Å². The minimum atomic E-state index is -0.591. The molecule has 0 atom stereocenters. The minimum Gasteiger partial charge on any atom is -0.481 e. The maximum atomic E-state index is 14.3. The maximum Gasteiger partial charge on any atom is 0.344 e. The number of esters is 2. The van der Waals surface area contributed by atoms with Gasteiger partial charge < -0.3 is 18.9 Å². The van der Waals surface area contributed by atoms with E-state index in [0.717, 1.165) is 33.4 Å². The van der Waals surface area contributed by atoms with Gasteiger partial charge in [-0.3, -0.25) is 9.59 Å². The fourth-order valence-corrected chi connectivity index (χ4v) is 8.69. The molecule has 58 heavy (non-hydrogen) atoms. The number of hydrogen-bond donors (Lipinski definition) is 0. The van der Waals surface area contributed by atoms with Gasteiger partial charge in [0.1, 0.15) is 30.3 Å². The first-order chi connectivity index (χ1) is 28.3. The summed E-state index contributed by atoms with van der Waals surface area (Å²) in [7, 11) is 0. The Kier molecular flexibility index (Phi) is 12.8. The monoisotopic (exact) mass is 810 g/mol. The molecule has 0 aromatic heterocycles. The van der Waals surface area contributed by atoms with E-state index >= 15 is 0 Å². The molecule has 2 heterocycles. The van der Waals surface area contributed by atoms with Gasteiger partial charge in [-0.15, -0.1) is 0 Å². The Labute approximate surface area is 344 Å². The van der Waals surface area contributed by atoms with Crippen LogP contribution in [0.3, 0.4) is 0 Å². The predicted octanol–water partition coefficient (Wildman–Crippen LogP) is 8.61. The molecule has 1 saturated heterocycles. The van der Waals surface area contributed by atoms with Crippen molar-refractivity contribution in [3.63, 3.8) is 0 Å². The Bertz CT molecular complexity index is 2200. The van der Waals surface area contributed by atoms with Crippen molar-refractivity contribution in [2.75, 3.05) is 13.2 Å². The second kappa shape index (κ2) is 18.6. The number of carbonyl (C=O) groups is 4. The van der Waals surface area contributed by atoms with E-state index in [0.29, 0.717) is 25.5 Å². The molecule has 2 aliphatic rings. The van der Waals surface area contributed by atoms with Gasteiger partial charge in [-0.25, -0.2) is 19.6 Å². The van der Waals surface area contributed by atoms with Gasteiger partial charge in [0.05, 0.1) is 27.1 Å². The summed E-state index contributed by atoms with van der Waals surface area (Å²) in [4.78, 5) is 55.3. The number of thioether (sulfide) groups is 2. The van der Waals surface area contributed by atoms with Crippen molar-refractivity contribution in [1.82, 2.24) is 10.0 Å². The van der Waals surface area contributed by atoms with Crippen molar-refractivity contribution in [3.05, 3.63) is 178 Å². The molecule has 10 nitrogen and oxygen atoms in total. The van der Waals surface area contributed by atoms with Gasteiger partial charge in [0.2, 0.25) is 0 Å². The van der Waals surface area contributed by atoms with Gasteiger partial charge >= 0.3 is 11.9 Å². The van der Waals surface area contributed by atoms with E-state index in [1.807, 2.05) is 109 Å². The molecule has 0 radical (unpaired) electrons. The number of hydrogen-bond acceptors (Lipinski definition) is 10. The number of benzene rings is 5. The van der Waals surface area contributed by atoms with Crippen molar-refractivity contribution >= 4 is 59.4 Å². The van der Waals surface area contributed by atoms with Crippen molar-refractivity contribution < 1.29 is 38.1 Å². The smallest absolute Gasteiger partial charge is 0.344 e. The fraction of sp³-hybridized carbons (Fsp3) is 0.130. The second-order valence-corrected chi connectivity index (χ2v) is 15.4. The number of ether oxygens (including phenoxy) is 4. The highest BCUT2D eigenvalue weighted by Gasteiger charge is 2.45. The molecule has 0 unspecified atom stereocenters. The molecule has 292 valence electrons. The van der Waals surface area contributed by atoms with Crippen LogP contribution in [0.25, 0.3) is 12.2 Å². The zero-order valence-electron chi connectivity index (χ0n) is 31.3. The van der Waals surface area contributed by atoms with Gasteiger partial charge in [-0.2, -0.15) is 0 Å². The topological polar surface area (TPSA) is 112 Å². The van der Waals surface area contributed by atoms with Crippen molar-refractivity contribution in [3.8, 4) is 11.5 Å². The Balaban J connectivity index is 1.12. The predicted molar refractivity (Wildman–Crippen MR) is 223 cm³/mol. The summed E-state index contributed by atoms with van der Waals surface area (Å²) in [5, 5.41) is 2.93. The third kappa shape index (κ3) is 9.54. The van der Waals surface area contributed by atoms with Crippen LogP contribution < -0.4 is 9.47 Å². The molecule has 5 aromatic carbocycles. The highest BCUT2D eigenvalue weighted by atomic mass is 32.2. The lowest BCUT2D eigenvalue weighted by Gasteiger charge is -2.27. The summed E-state index contributed by atoms with van der Waals surface area (Å²) in [5.74, 6) is -1.46.